The molecule has 3 rings (SSSR count). The highest BCUT2D eigenvalue weighted by Gasteiger charge is 2.20. The van der Waals surface area contributed by atoms with Gasteiger partial charge in [-0.2, -0.15) is 0 Å². The van der Waals surface area contributed by atoms with Gasteiger partial charge in [-0.05, 0) is 6.92 Å². The van der Waals surface area contributed by atoms with Gasteiger partial charge < -0.3 is 9.47 Å². The Bertz CT molecular complexity index is 828. The van der Waals surface area contributed by atoms with E-state index in [1.807, 2.05) is 34.7 Å². The van der Waals surface area contributed by atoms with Crippen LogP contribution in [0.2, 0.25) is 0 Å². The van der Waals surface area contributed by atoms with Gasteiger partial charge in [0.05, 0.1) is 31.5 Å². The molecule has 0 amide bonds. The maximum absolute atomic E-state index is 12.0. The summed E-state index contributed by atoms with van der Waals surface area (Å²) >= 11 is 0. The number of methoxy groups -OCH3 is 1. The number of carbonyl (C=O) groups excluding carboxylic acids is 1. The Balaban J connectivity index is 2.19. The van der Waals surface area contributed by atoms with Crippen molar-refractivity contribution in [3.63, 3.8) is 0 Å². The van der Waals surface area contributed by atoms with E-state index in [4.69, 9.17) is 9.47 Å². The Morgan fingerprint density at radius 2 is 2.04 bits per heavy atom. The number of hydrogen-bond acceptors (Lipinski definition) is 5. The topological polar surface area (TPSA) is 65.7 Å². The van der Waals surface area contributed by atoms with Crippen LogP contribution in [0.15, 0.2) is 42.7 Å². The molecule has 2 aromatic heterocycles. The van der Waals surface area contributed by atoms with E-state index >= 15 is 0 Å². The maximum Gasteiger partial charge on any atom is 0.311 e. The van der Waals surface area contributed by atoms with E-state index < -0.39 is 0 Å². The van der Waals surface area contributed by atoms with Gasteiger partial charge in [-0.1, -0.05) is 30.3 Å². The second kappa shape index (κ2) is 6.48. The van der Waals surface area contributed by atoms with Crippen molar-refractivity contribution in [3.05, 3.63) is 48.4 Å². The predicted octanol–water partition coefficient (Wildman–Crippen LogP) is 2.51. The van der Waals surface area contributed by atoms with E-state index in [9.17, 15) is 4.79 Å². The highest BCUT2D eigenvalue weighted by Crippen LogP contribution is 2.27. The van der Waals surface area contributed by atoms with Crippen molar-refractivity contribution in [3.8, 4) is 17.1 Å². The molecule has 0 N–H and O–H groups in total. The number of aromatic nitrogens is 3. The van der Waals surface area contributed by atoms with Crippen molar-refractivity contribution in [1.29, 1.82) is 0 Å². The Labute approximate surface area is 133 Å². The van der Waals surface area contributed by atoms with Crippen LogP contribution in [0.5, 0.6) is 5.88 Å². The van der Waals surface area contributed by atoms with Gasteiger partial charge >= 0.3 is 5.97 Å². The van der Waals surface area contributed by atoms with E-state index in [0.29, 0.717) is 18.1 Å². The molecular weight excluding hydrogens is 294 g/mol. The fourth-order valence-corrected chi connectivity index (χ4v) is 2.49. The second-order valence-corrected chi connectivity index (χ2v) is 4.89. The minimum atomic E-state index is -0.290. The Kier molecular flexibility index (Phi) is 4.23. The molecule has 0 aliphatic heterocycles. The maximum atomic E-state index is 12.0. The summed E-state index contributed by atoms with van der Waals surface area (Å²) < 4.78 is 12.2. The van der Waals surface area contributed by atoms with Crippen LogP contribution in [0.1, 0.15) is 12.6 Å². The van der Waals surface area contributed by atoms with Crippen LogP contribution in [0.3, 0.4) is 0 Å². The molecule has 6 heteroatoms. The summed E-state index contributed by atoms with van der Waals surface area (Å²) in [7, 11) is 1.55. The lowest BCUT2D eigenvalue weighted by Gasteiger charge is -2.06. The Morgan fingerprint density at radius 1 is 1.26 bits per heavy atom. The first-order valence-corrected chi connectivity index (χ1v) is 7.35. The average molecular weight is 311 g/mol. The third-order valence-electron chi connectivity index (χ3n) is 3.47. The van der Waals surface area contributed by atoms with E-state index in [1.54, 1.807) is 26.4 Å². The van der Waals surface area contributed by atoms with Gasteiger partial charge in [0, 0.05) is 18.0 Å². The van der Waals surface area contributed by atoms with Gasteiger partial charge in [-0.25, -0.2) is 9.97 Å². The quantitative estimate of drug-likeness (QED) is 0.677. The Morgan fingerprint density at radius 3 is 2.74 bits per heavy atom. The lowest BCUT2D eigenvalue weighted by molar-refractivity contribution is -0.142. The number of ether oxygens (including phenoxy) is 2. The monoisotopic (exact) mass is 311 g/mol. The zero-order valence-electron chi connectivity index (χ0n) is 13.0. The molecule has 23 heavy (non-hydrogen) atoms. The molecule has 6 nitrogen and oxygen atoms in total. The van der Waals surface area contributed by atoms with Gasteiger partial charge in [0.2, 0.25) is 5.65 Å². The fourth-order valence-electron chi connectivity index (χ4n) is 2.49. The van der Waals surface area contributed by atoms with Gasteiger partial charge in [0.1, 0.15) is 0 Å². The molecule has 118 valence electrons. The zero-order chi connectivity index (χ0) is 16.2. The highest BCUT2D eigenvalue weighted by molar-refractivity contribution is 5.78. The Hall–Kier alpha value is -2.89. The molecule has 0 unspecified atom stereocenters. The number of nitrogens with zero attached hydrogens (tertiary/aromatic N) is 3. The van der Waals surface area contributed by atoms with Crippen molar-refractivity contribution >= 4 is 11.6 Å². The SMILES string of the molecule is CCOC(=O)Cc1c(-c2ccccc2)nc2c(OC)nccn12. The van der Waals surface area contributed by atoms with Crippen LogP contribution >= 0.6 is 0 Å². The average Bonchev–Trinajstić information content (AvgIpc) is 2.94. The fraction of sp³-hybridized carbons (Fsp3) is 0.235. The molecular formula is C17H17N3O3. The number of carbonyl (C=O) groups is 1. The first-order valence-electron chi connectivity index (χ1n) is 7.35. The number of imidazole rings is 1. The number of esters is 1. The summed E-state index contributed by atoms with van der Waals surface area (Å²) in [5.74, 6) is 0.127. The number of fused-ring (bicyclic) bond motifs is 1. The van der Waals surface area contributed by atoms with Gasteiger partial charge in [0.25, 0.3) is 5.88 Å². The number of rotatable bonds is 5. The van der Waals surface area contributed by atoms with E-state index in [2.05, 4.69) is 9.97 Å². The van der Waals surface area contributed by atoms with E-state index in [0.717, 1.165) is 17.0 Å². The molecule has 1 aromatic carbocycles. The lowest BCUT2D eigenvalue weighted by atomic mass is 10.1. The van der Waals surface area contributed by atoms with Crippen molar-refractivity contribution in [2.45, 2.75) is 13.3 Å². The van der Waals surface area contributed by atoms with Crippen LogP contribution < -0.4 is 4.74 Å². The van der Waals surface area contributed by atoms with E-state index in [1.165, 1.54) is 0 Å². The molecule has 0 aliphatic carbocycles. The van der Waals surface area contributed by atoms with Crippen molar-refractivity contribution in [2.24, 2.45) is 0 Å². The summed E-state index contributed by atoms with van der Waals surface area (Å²) in [6, 6.07) is 9.71. The molecule has 3 aromatic rings. The molecule has 2 heterocycles. The van der Waals surface area contributed by atoms with Crippen LogP contribution in [0, 0.1) is 0 Å². The normalized spacial score (nSPS) is 10.7. The van der Waals surface area contributed by atoms with Crippen LogP contribution in [-0.2, 0) is 16.0 Å². The van der Waals surface area contributed by atoms with Gasteiger partial charge in [0.15, 0.2) is 0 Å². The lowest BCUT2D eigenvalue weighted by Crippen LogP contribution is -2.10. The van der Waals surface area contributed by atoms with Crippen molar-refractivity contribution in [1.82, 2.24) is 14.4 Å². The summed E-state index contributed by atoms with van der Waals surface area (Å²) in [4.78, 5) is 20.8. The summed E-state index contributed by atoms with van der Waals surface area (Å²) in [6.07, 6.45) is 3.52. The molecule has 0 spiro atoms. The molecule has 0 fully saturated rings. The zero-order valence-corrected chi connectivity index (χ0v) is 13.0. The molecule has 0 bridgehead atoms. The minimum absolute atomic E-state index is 0.131. The first-order chi connectivity index (χ1) is 11.2. The van der Waals surface area contributed by atoms with Gasteiger partial charge in [-0.3, -0.25) is 9.20 Å². The van der Waals surface area contributed by atoms with Crippen molar-refractivity contribution in [2.75, 3.05) is 13.7 Å². The molecule has 0 saturated heterocycles. The number of benzene rings is 1. The smallest absolute Gasteiger partial charge is 0.311 e. The van der Waals surface area contributed by atoms with Crippen LogP contribution in [0.25, 0.3) is 16.9 Å². The summed E-state index contributed by atoms with van der Waals surface area (Å²) in [5.41, 5.74) is 2.99. The summed E-state index contributed by atoms with van der Waals surface area (Å²) in [5, 5.41) is 0. The van der Waals surface area contributed by atoms with Gasteiger partial charge in [-0.15, -0.1) is 0 Å². The standard InChI is InChI=1S/C17H17N3O3/c1-3-23-14(21)11-13-15(12-7-5-4-6-8-12)19-16-17(22-2)18-9-10-20(13)16/h4-10H,3,11H2,1-2H3. The first kappa shape index (κ1) is 15.0. The van der Waals surface area contributed by atoms with Crippen LogP contribution in [0.4, 0.5) is 0 Å². The third kappa shape index (κ3) is 2.88. The minimum Gasteiger partial charge on any atom is -0.478 e. The predicted molar refractivity (Wildman–Crippen MR) is 85.3 cm³/mol. The second-order valence-electron chi connectivity index (χ2n) is 4.89. The molecule has 0 aliphatic rings. The van der Waals surface area contributed by atoms with E-state index in [-0.39, 0.29) is 12.4 Å². The largest absolute Gasteiger partial charge is 0.478 e. The highest BCUT2D eigenvalue weighted by atomic mass is 16.5. The summed E-state index contributed by atoms with van der Waals surface area (Å²) in [6.45, 7) is 2.14. The van der Waals surface area contributed by atoms with Crippen molar-refractivity contribution < 1.29 is 14.3 Å². The molecule has 0 radical (unpaired) electrons. The molecule has 0 atom stereocenters. The molecule has 0 saturated carbocycles. The van der Waals surface area contributed by atoms with Crippen LogP contribution in [-0.4, -0.2) is 34.1 Å². The third-order valence-corrected chi connectivity index (χ3v) is 3.47. The number of hydrogen-bond donors (Lipinski definition) is 0.